The molecule has 0 unspecified atom stereocenters. The summed E-state index contributed by atoms with van der Waals surface area (Å²) in [5.41, 5.74) is 7.36. The van der Waals surface area contributed by atoms with E-state index in [9.17, 15) is 4.79 Å². The highest BCUT2D eigenvalue weighted by Gasteiger charge is 2.18. The van der Waals surface area contributed by atoms with Gasteiger partial charge in [-0.15, -0.1) is 0 Å². The highest BCUT2D eigenvalue weighted by Crippen LogP contribution is 2.15. The number of methoxy groups -OCH3 is 1. The summed E-state index contributed by atoms with van der Waals surface area (Å²) in [6.07, 6.45) is 0. The molecule has 1 heterocycles. The third kappa shape index (κ3) is 2.52. The minimum atomic E-state index is -0.211. The van der Waals surface area contributed by atoms with E-state index >= 15 is 0 Å². The average Bonchev–Trinajstić information content (AvgIpc) is 2.55. The highest BCUT2D eigenvalue weighted by molar-refractivity contribution is 5.97. The van der Waals surface area contributed by atoms with Crippen LogP contribution in [0, 0.1) is 6.92 Å². The summed E-state index contributed by atoms with van der Waals surface area (Å²) >= 11 is 0. The van der Waals surface area contributed by atoms with Crippen LogP contribution in [0.1, 0.15) is 23.1 Å². The van der Waals surface area contributed by atoms with E-state index in [1.165, 1.54) is 0 Å². The summed E-state index contributed by atoms with van der Waals surface area (Å²) in [5, 5.41) is 6.90. The van der Waals surface area contributed by atoms with Gasteiger partial charge in [-0.25, -0.2) is 0 Å². The maximum absolute atomic E-state index is 11.8. The number of nitrogen functional groups attached to an aromatic ring is 1. The smallest absolute Gasteiger partial charge is 0.271 e. The van der Waals surface area contributed by atoms with E-state index in [1.54, 1.807) is 18.7 Å². The van der Waals surface area contributed by atoms with Crippen LogP contribution in [-0.2, 0) is 11.3 Å². The summed E-state index contributed by atoms with van der Waals surface area (Å²) in [7, 11) is 1.58. The van der Waals surface area contributed by atoms with Crippen LogP contribution in [0.5, 0.6) is 0 Å². The minimum absolute atomic E-state index is 0.211. The van der Waals surface area contributed by atoms with Crippen molar-refractivity contribution in [2.45, 2.75) is 20.4 Å². The van der Waals surface area contributed by atoms with Crippen molar-refractivity contribution in [2.24, 2.45) is 0 Å². The van der Waals surface area contributed by atoms with Crippen LogP contribution in [0.3, 0.4) is 0 Å². The molecule has 0 bridgehead atoms. The van der Waals surface area contributed by atoms with E-state index in [-0.39, 0.29) is 5.91 Å². The predicted octanol–water partition coefficient (Wildman–Crippen LogP) is 0.170. The molecule has 6 heteroatoms. The van der Waals surface area contributed by atoms with Crippen LogP contribution in [0.2, 0.25) is 0 Å². The zero-order valence-corrected chi connectivity index (χ0v) is 9.91. The van der Waals surface area contributed by atoms with Crippen molar-refractivity contribution in [1.29, 1.82) is 0 Å². The molecule has 0 saturated heterocycles. The van der Waals surface area contributed by atoms with Gasteiger partial charge in [0.1, 0.15) is 5.69 Å². The Morgan fingerprint density at radius 3 is 2.88 bits per heavy atom. The second-order valence-corrected chi connectivity index (χ2v) is 3.41. The van der Waals surface area contributed by atoms with Gasteiger partial charge in [0.2, 0.25) is 0 Å². The molecule has 1 aromatic rings. The summed E-state index contributed by atoms with van der Waals surface area (Å²) in [5.74, 6) is -0.211. The first kappa shape index (κ1) is 12.5. The maximum Gasteiger partial charge on any atom is 0.271 e. The zero-order valence-electron chi connectivity index (χ0n) is 9.91. The zero-order chi connectivity index (χ0) is 12.1. The van der Waals surface area contributed by atoms with Gasteiger partial charge in [0.05, 0.1) is 18.0 Å². The molecular weight excluding hydrogens is 208 g/mol. The van der Waals surface area contributed by atoms with Gasteiger partial charge in [0.25, 0.3) is 5.91 Å². The molecule has 0 aliphatic rings. The van der Waals surface area contributed by atoms with Gasteiger partial charge in [0, 0.05) is 20.2 Å². The summed E-state index contributed by atoms with van der Waals surface area (Å²) < 4.78 is 6.46. The molecule has 0 spiro atoms. The standard InChI is InChI=1S/C10H18N4O2/c1-4-14-9(8(11)7(2)13-14)10(15)12-5-6-16-3/h4-6,11H2,1-3H3,(H,12,15). The van der Waals surface area contributed by atoms with Crippen molar-refractivity contribution in [2.75, 3.05) is 26.0 Å². The second-order valence-electron chi connectivity index (χ2n) is 3.41. The largest absolute Gasteiger partial charge is 0.395 e. The van der Waals surface area contributed by atoms with Crippen LogP contribution in [0.25, 0.3) is 0 Å². The van der Waals surface area contributed by atoms with Crippen molar-refractivity contribution < 1.29 is 9.53 Å². The number of carbonyl (C=O) groups excluding carboxylic acids is 1. The number of anilines is 1. The maximum atomic E-state index is 11.8. The van der Waals surface area contributed by atoms with E-state index in [4.69, 9.17) is 10.5 Å². The fourth-order valence-electron chi connectivity index (χ4n) is 1.41. The topological polar surface area (TPSA) is 82.2 Å². The van der Waals surface area contributed by atoms with Gasteiger partial charge in [-0.2, -0.15) is 5.10 Å². The number of ether oxygens (including phenoxy) is 1. The molecule has 1 rings (SSSR count). The quantitative estimate of drug-likeness (QED) is 0.701. The number of nitrogens with two attached hydrogens (primary N) is 1. The predicted molar refractivity (Wildman–Crippen MR) is 61.3 cm³/mol. The van der Waals surface area contributed by atoms with Crippen molar-refractivity contribution >= 4 is 11.6 Å². The molecule has 0 aliphatic heterocycles. The van der Waals surface area contributed by atoms with Crippen LogP contribution >= 0.6 is 0 Å². The van der Waals surface area contributed by atoms with Crippen molar-refractivity contribution in [1.82, 2.24) is 15.1 Å². The van der Waals surface area contributed by atoms with Gasteiger partial charge in [-0.05, 0) is 13.8 Å². The molecule has 0 aromatic carbocycles. The number of carbonyl (C=O) groups is 1. The first-order valence-electron chi connectivity index (χ1n) is 5.21. The fraction of sp³-hybridized carbons (Fsp3) is 0.600. The Hall–Kier alpha value is -1.56. The normalized spacial score (nSPS) is 10.4. The summed E-state index contributed by atoms with van der Waals surface area (Å²) in [6, 6.07) is 0. The number of rotatable bonds is 5. The van der Waals surface area contributed by atoms with Gasteiger partial charge >= 0.3 is 0 Å². The molecule has 1 aromatic heterocycles. The van der Waals surface area contributed by atoms with Gasteiger partial charge in [-0.3, -0.25) is 9.48 Å². The fourth-order valence-corrected chi connectivity index (χ4v) is 1.41. The summed E-state index contributed by atoms with van der Waals surface area (Å²) in [6.45, 7) is 5.25. The first-order chi connectivity index (χ1) is 7.61. The van der Waals surface area contributed by atoms with Crippen LogP contribution in [0.15, 0.2) is 0 Å². The molecule has 6 nitrogen and oxygen atoms in total. The molecule has 0 fully saturated rings. The lowest BCUT2D eigenvalue weighted by Crippen LogP contribution is -2.29. The molecule has 0 aliphatic carbocycles. The number of aryl methyl sites for hydroxylation is 2. The molecule has 90 valence electrons. The number of hydrogen-bond acceptors (Lipinski definition) is 4. The third-order valence-corrected chi connectivity index (χ3v) is 2.28. The monoisotopic (exact) mass is 226 g/mol. The van der Waals surface area contributed by atoms with E-state index < -0.39 is 0 Å². The Morgan fingerprint density at radius 1 is 1.62 bits per heavy atom. The Labute approximate surface area is 94.8 Å². The number of nitrogens with one attached hydrogen (secondary N) is 1. The number of amides is 1. The van der Waals surface area contributed by atoms with Crippen molar-refractivity contribution in [3.63, 3.8) is 0 Å². The number of aromatic nitrogens is 2. The Balaban J connectivity index is 2.81. The van der Waals surface area contributed by atoms with Crippen LogP contribution < -0.4 is 11.1 Å². The molecule has 0 saturated carbocycles. The molecule has 0 radical (unpaired) electrons. The van der Waals surface area contributed by atoms with E-state index in [0.717, 1.165) is 0 Å². The van der Waals surface area contributed by atoms with Gasteiger partial charge in [0.15, 0.2) is 0 Å². The minimum Gasteiger partial charge on any atom is -0.395 e. The third-order valence-electron chi connectivity index (χ3n) is 2.28. The lowest BCUT2D eigenvalue weighted by atomic mass is 10.3. The molecule has 16 heavy (non-hydrogen) atoms. The Kier molecular flexibility index (Phi) is 4.30. The lowest BCUT2D eigenvalue weighted by Gasteiger charge is -2.06. The average molecular weight is 226 g/mol. The lowest BCUT2D eigenvalue weighted by molar-refractivity contribution is 0.0927. The van der Waals surface area contributed by atoms with Gasteiger partial charge < -0.3 is 15.8 Å². The molecule has 1 amide bonds. The van der Waals surface area contributed by atoms with Gasteiger partial charge in [-0.1, -0.05) is 0 Å². The van der Waals surface area contributed by atoms with Crippen LogP contribution in [0.4, 0.5) is 5.69 Å². The summed E-state index contributed by atoms with van der Waals surface area (Å²) in [4.78, 5) is 11.8. The second kappa shape index (κ2) is 5.50. The molecule has 3 N–H and O–H groups in total. The van der Waals surface area contributed by atoms with E-state index in [1.807, 2.05) is 6.92 Å². The Bertz CT molecular complexity index is 373. The molecule has 0 atom stereocenters. The van der Waals surface area contributed by atoms with Crippen molar-refractivity contribution in [3.05, 3.63) is 11.4 Å². The number of hydrogen-bond donors (Lipinski definition) is 2. The van der Waals surface area contributed by atoms with E-state index in [2.05, 4.69) is 10.4 Å². The Morgan fingerprint density at radius 2 is 2.31 bits per heavy atom. The SMILES string of the molecule is CCn1nc(C)c(N)c1C(=O)NCCOC. The first-order valence-corrected chi connectivity index (χ1v) is 5.21. The highest BCUT2D eigenvalue weighted by atomic mass is 16.5. The molecular formula is C10H18N4O2. The van der Waals surface area contributed by atoms with Crippen molar-refractivity contribution in [3.8, 4) is 0 Å². The van der Waals surface area contributed by atoms with Crippen LogP contribution in [-0.4, -0.2) is 35.9 Å². The van der Waals surface area contributed by atoms with E-state index in [0.29, 0.717) is 36.8 Å². The number of nitrogens with zero attached hydrogens (tertiary/aromatic N) is 2.